The molecule has 2 aromatic carbocycles. The maximum atomic E-state index is 5.27. The molecule has 0 saturated heterocycles. The van der Waals surface area contributed by atoms with Crippen molar-refractivity contribution in [3.05, 3.63) is 54.4 Å². The molecule has 0 amide bonds. The molecule has 0 spiro atoms. The van der Waals surface area contributed by atoms with Gasteiger partial charge in [0.25, 0.3) is 0 Å². The molecule has 0 fully saturated rings. The van der Waals surface area contributed by atoms with Crippen molar-refractivity contribution in [3.63, 3.8) is 0 Å². The Kier molecular flexibility index (Phi) is 5.33. The van der Waals surface area contributed by atoms with E-state index >= 15 is 0 Å². The van der Waals surface area contributed by atoms with E-state index in [9.17, 15) is 0 Å². The predicted molar refractivity (Wildman–Crippen MR) is 98.5 cm³/mol. The molecule has 5 heteroatoms. The van der Waals surface area contributed by atoms with Crippen molar-refractivity contribution in [2.24, 2.45) is 0 Å². The predicted octanol–water partition coefficient (Wildman–Crippen LogP) is 4.29. The number of benzene rings is 2. The van der Waals surface area contributed by atoms with E-state index in [0.29, 0.717) is 0 Å². The van der Waals surface area contributed by atoms with Crippen molar-refractivity contribution in [1.82, 2.24) is 14.8 Å². The Morgan fingerprint density at radius 3 is 2.00 bits per heavy atom. The third kappa shape index (κ3) is 3.65. The summed E-state index contributed by atoms with van der Waals surface area (Å²) in [6.07, 6.45) is 3.09. The second-order valence-corrected chi connectivity index (χ2v) is 5.81. The van der Waals surface area contributed by atoms with E-state index in [1.807, 2.05) is 48.5 Å². The number of unbranched alkanes of at least 4 members (excludes halogenated alkanes) is 1. The van der Waals surface area contributed by atoms with Crippen molar-refractivity contribution in [3.8, 4) is 28.6 Å². The van der Waals surface area contributed by atoms with E-state index in [1.165, 1.54) is 0 Å². The topological polar surface area (TPSA) is 49.2 Å². The molecule has 0 atom stereocenters. The number of methoxy groups -OCH3 is 2. The highest BCUT2D eigenvalue weighted by Crippen LogP contribution is 2.26. The van der Waals surface area contributed by atoms with Gasteiger partial charge in [0.05, 0.1) is 14.2 Å². The highest BCUT2D eigenvalue weighted by molar-refractivity contribution is 5.60. The SMILES string of the molecule is CCCCc1nnc(-c2ccc(OC)cc2)n1-c1ccc(OC)cc1. The van der Waals surface area contributed by atoms with Crippen LogP contribution in [0.15, 0.2) is 48.5 Å². The highest BCUT2D eigenvalue weighted by Gasteiger charge is 2.15. The lowest BCUT2D eigenvalue weighted by Crippen LogP contribution is -2.03. The van der Waals surface area contributed by atoms with Crippen molar-refractivity contribution >= 4 is 0 Å². The van der Waals surface area contributed by atoms with Gasteiger partial charge in [-0.15, -0.1) is 10.2 Å². The molecule has 0 N–H and O–H groups in total. The summed E-state index contributed by atoms with van der Waals surface area (Å²) in [4.78, 5) is 0. The van der Waals surface area contributed by atoms with E-state index in [1.54, 1.807) is 14.2 Å². The quantitative estimate of drug-likeness (QED) is 0.645. The minimum atomic E-state index is 0.825. The van der Waals surface area contributed by atoms with Crippen LogP contribution in [0.1, 0.15) is 25.6 Å². The van der Waals surface area contributed by atoms with Crippen LogP contribution in [0.3, 0.4) is 0 Å². The third-order valence-electron chi connectivity index (χ3n) is 4.16. The maximum Gasteiger partial charge on any atom is 0.168 e. The van der Waals surface area contributed by atoms with Crippen LogP contribution in [-0.2, 0) is 6.42 Å². The lowest BCUT2D eigenvalue weighted by molar-refractivity contribution is 0.414. The normalized spacial score (nSPS) is 10.7. The summed E-state index contributed by atoms with van der Waals surface area (Å²) in [5.74, 6) is 3.46. The number of nitrogens with zero attached hydrogens (tertiary/aromatic N) is 3. The molecule has 0 radical (unpaired) electrons. The van der Waals surface area contributed by atoms with Crippen LogP contribution in [0.5, 0.6) is 11.5 Å². The molecule has 0 bridgehead atoms. The van der Waals surface area contributed by atoms with E-state index < -0.39 is 0 Å². The minimum Gasteiger partial charge on any atom is -0.497 e. The standard InChI is InChI=1S/C20H23N3O2/c1-4-5-6-19-21-22-20(15-7-11-17(24-2)12-8-15)23(19)16-9-13-18(25-3)14-10-16/h7-14H,4-6H2,1-3H3. The highest BCUT2D eigenvalue weighted by atomic mass is 16.5. The first kappa shape index (κ1) is 17.0. The number of hydrogen-bond donors (Lipinski definition) is 0. The fourth-order valence-electron chi connectivity index (χ4n) is 2.74. The van der Waals surface area contributed by atoms with Crippen LogP contribution in [0, 0.1) is 0 Å². The molecular weight excluding hydrogens is 314 g/mol. The second kappa shape index (κ2) is 7.83. The van der Waals surface area contributed by atoms with Gasteiger partial charge in [0.1, 0.15) is 17.3 Å². The Labute approximate surface area is 148 Å². The largest absolute Gasteiger partial charge is 0.497 e. The number of aryl methyl sites for hydroxylation is 1. The molecule has 0 unspecified atom stereocenters. The van der Waals surface area contributed by atoms with Gasteiger partial charge >= 0.3 is 0 Å². The fourth-order valence-corrected chi connectivity index (χ4v) is 2.74. The summed E-state index contributed by atoms with van der Waals surface area (Å²) >= 11 is 0. The molecule has 1 aromatic heterocycles. The summed E-state index contributed by atoms with van der Waals surface area (Å²) in [6, 6.07) is 15.9. The monoisotopic (exact) mass is 337 g/mol. The van der Waals surface area contributed by atoms with Gasteiger partial charge in [-0.1, -0.05) is 13.3 Å². The van der Waals surface area contributed by atoms with Crippen molar-refractivity contribution in [2.45, 2.75) is 26.2 Å². The van der Waals surface area contributed by atoms with Gasteiger partial charge in [0.15, 0.2) is 5.82 Å². The van der Waals surface area contributed by atoms with Crippen molar-refractivity contribution < 1.29 is 9.47 Å². The lowest BCUT2D eigenvalue weighted by atomic mass is 10.2. The average Bonchev–Trinajstić information content (AvgIpc) is 3.10. The van der Waals surface area contributed by atoms with E-state index in [4.69, 9.17) is 9.47 Å². The summed E-state index contributed by atoms with van der Waals surface area (Å²) in [5.41, 5.74) is 2.04. The molecule has 5 nitrogen and oxygen atoms in total. The van der Waals surface area contributed by atoms with Crippen LogP contribution >= 0.6 is 0 Å². The molecule has 0 aliphatic heterocycles. The Balaban J connectivity index is 2.06. The summed E-state index contributed by atoms with van der Waals surface area (Å²) < 4.78 is 12.6. The van der Waals surface area contributed by atoms with Crippen LogP contribution in [-0.4, -0.2) is 29.0 Å². The fraction of sp³-hybridized carbons (Fsp3) is 0.300. The first-order chi connectivity index (χ1) is 12.3. The first-order valence-corrected chi connectivity index (χ1v) is 8.50. The molecular formula is C20H23N3O2. The first-order valence-electron chi connectivity index (χ1n) is 8.50. The minimum absolute atomic E-state index is 0.825. The molecule has 0 aliphatic rings. The Morgan fingerprint density at radius 1 is 0.840 bits per heavy atom. The average molecular weight is 337 g/mol. The van der Waals surface area contributed by atoms with Gasteiger partial charge in [0.2, 0.25) is 0 Å². The molecule has 3 rings (SSSR count). The summed E-state index contributed by atoms with van der Waals surface area (Å²) in [6.45, 7) is 2.18. The van der Waals surface area contributed by atoms with Crippen molar-refractivity contribution in [1.29, 1.82) is 0 Å². The summed E-state index contributed by atoms with van der Waals surface area (Å²) in [5, 5.41) is 8.90. The van der Waals surface area contributed by atoms with E-state index in [-0.39, 0.29) is 0 Å². The van der Waals surface area contributed by atoms with Gasteiger partial charge < -0.3 is 9.47 Å². The smallest absolute Gasteiger partial charge is 0.168 e. The van der Waals surface area contributed by atoms with Crippen LogP contribution < -0.4 is 9.47 Å². The number of hydrogen-bond acceptors (Lipinski definition) is 4. The second-order valence-electron chi connectivity index (χ2n) is 5.81. The molecule has 0 aliphatic carbocycles. The van der Waals surface area contributed by atoms with Gasteiger partial charge in [-0.3, -0.25) is 4.57 Å². The molecule has 0 saturated carbocycles. The Morgan fingerprint density at radius 2 is 1.44 bits per heavy atom. The van der Waals surface area contributed by atoms with E-state index in [2.05, 4.69) is 21.7 Å². The molecule has 130 valence electrons. The van der Waals surface area contributed by atoms with Gasteiger partial charge in [-0.05, 0) is 55.0 Å². The van der Waals surface area contributed by atoms with Crippen LogP contribution in [0.2, 0.25) is 0 Å². The van der Waals surface area contributed by atoms with Gasteiger partial charge in [-0.25, -0.2) is 0 Å². The zero-order valence-electron chi connectivity index (χ0n) is 14.9. The number of ether oxygens (including phenoxy) is 2. The Bertz CT molecular complexity index is 808. The van der Waals surface area contributed by atoms with Gasteiger partial charge in [0, 0.05) is 17.7 Å². The van der Waals surface area contributed by atoms with Crippen LogP contribution in [0.25, 0.3) is 17.1 Å². The third-order valence-corrected chi connectivity index (χ3v) is 4.16. The van der Waals surface area contributed by atoms with Crippen molar-refractivity contribution in [2.75, 3.05) is 14.2 Å². The maximum absolute atomic E-state index is 5.27. The Hall–Kier alpha value is -2.82. The van der Waals surface area contributed by atoms with Gasteiger partial charge in [-0.2, -0.15) is 0 Å². The molecule has 3 aromatic rings. The number of aromatic nitrogens is 3. The zero-order valence-corrected chi connectivity index (χ0v) is 14.9. The van der Waals surface area contributed by atoms with E-state index in [0.717, 1.165) is 53.7 Å². The molecule has 1 heterocycles. The summed E-state index contributed by atoms with van der Waals surface area (Å²) in [7, 11) is 3.33. The van der Waals surface area contributed by atoms with Crippen LogP contribution in [0.4, 0.5) is 0 Å². The lowest BCUT2D eigenvalue weighted by Gasteiger charge is -2.11. The molecule has 25 heavy (non-hydrogen) atoms. The zero-order chi connectivity index (χ0) is 17.6. The number of rotatable bonds is 7.